The summed E-state index contributed by atoms with van der Waals surface area (Å²) >= 11 is 3.50. The second-order valence-corrected chi connectivity index (χ2v) is 6.30. The maximum Gasteiger partial charge on any atom is 0.123 e. The van der Waals surface area contributed by atoms with E-state index in [1.165, 1.54) is 0 Å². The summed E-state index contributed by atoms with van der Waals surface area (Å²) < 4.78 is 6.86. The molecule has 0 amide bonds. The van der Waals surface area contributed by atoms with Gasteiger partial charge in [-0.25, -0.2) is 0 Å². The molecule has 0 radical (unpaired) electrons. The Morgan fingerprint density at radius 3 is 2.68 bits per heavy atom. The lowest BCUT2D eigenvalue weighted by molar-refractivity contribution is 0.320. The van der Waals surface area contributed by atoms with Gasteiger partial charge in [-0.15, -0.1) is 11.8 Å². The van der Waals surface area contributed by atoms with Gasteiger partial charge in [-0.1, -0.05) is 15.9 Å². The maximum absolute atomic E-state index is 5.80. The van der Waals surface area contributed by atoms with Crippen LogP contribution in [0, 0.1) is 11.8 Å². The van der Waals surface area contributed by atoms with Gasteiger partial charge in [0.2, 0.25) is 0 Å². The first-order valence-corrected chi connectivity index (χ1v) is 7.27. The maximum atomic E-state index is 5.80. The zero-order valence-corrected chi connectivity index (χ0v) is 13.7. The van der Waals surface area contributed by atoms with Crippen LogP contribution >= 0.6 is 15.9 Å². The molecule has 0 saturated carbocycles. The van der Waals surface area contributed by atoms with Crippen molar-refractivity contribution in [2.75, 3.05) is 6.61 Å². The minimum atomic E-state index is 0.0905. The molecule has 3 heteroatoms. The molecule has 1 rings (SSSR count). The average molecular weight is 324 g/mol. The van der Waals surface area contributed by atoms with Crippen molar-refractivity contribution in [3.05, 3.63) is 28.2 Å². The van der Waals surface area contributed by atoms with Gasteiger partial charge in [-0.05, 0) is 45.9 Å². The normalized spacial score (nSPS) is 10.8. The summed E-state index contributed by atoms with van der Waals surface area (Å²) in [4.78, 5) is 0. The quantitative estimate of drug-likeness (QED) is 0.649. The third-order valence-electron chi connectivity index (χ3n) is 2.49. The Morgan fingerprint density at radius 2 is 2.05 bits per heavy atom. The molecule has 0 aliphatic rings. The molecule has 0 aliphatic heterocycles. The van der Waals surface area contributed by atoms with E-state index >= 15 is 0 Å². The lowest BCUT2D eigenvalue weighted by Crippen LogP contribution is -2.35. The molecule has 0 unspecified atom stereocenters. The van der Waals surface area contributed by atoms with Crippen LogP contribution < -0.4 is 10.1 Å². The molecular formula is C16H22BrNO. The van der Waals surface area contributed by atoms with Gasteiger partial charge in [0.15, 0.2) is 0 Å². The van der Waals surface area contributed by atoms with Crippen LogP contribution in [0.1, 0.15) is 39.7 Å². The van der Waals surface area contributed by atoms with Crippen LogP contribution in [0.4, 0.5) is 0 Å². The summed E-state index contributed by atoms with van der Waals surface area (Å²) in [5.41, 5.74) is 1.25. The fourth-order valence-corrected chi connectivity index (χ4v) is 1.93. The summed E-state index contributed by atoms with van der Waals surface area (Å²) in [6.45, 7) is 9.73. The largest absolute Gasteiger partial charge is 0.492 e. The molecule has 0 fully saturated rings. The van der Waals surface area contributed by atoms with Crippen molar-refractivity contribution in [2.24, 2.45) is 0 Å². The zero-order valence-electron chi connectivity index (χ0n) is 12.1. The molecule has 104 valence electrons. The Kier molecular flexibility index (Phi) is 6.41. The van der Waals surface area contributed by atoms with Crippen molar-refractivity contribution in [2.45, 2.75) is 46.2 Å². The number of benzene rings is 1. The Hall–Kier alpha value is -0.980. The standard InChI is InChI=1S/C16H22BrNO/c1-5-6-7-10-19-15-9-8-14(17)11-13(15)12-18-16(2,3)4/h8-9,11,18H,7,10,12H2,1-4H3. The molecule has 0 atom stereocenters. The predicted octanol–water partition coefficient (Wildman–Crippen LogP) is 4.13. The topological polar surface area (TPSA) is 21.3 Å². The predicted molar refractivity (Wildman–Crippen MR) is 84.3 cm³/mol. The zero-order chi connectivity index (χ0) is 14.3. The van der Waals surface area contributed by atoms with E-state index in [1.54, 1.807) is 0 Å². The average Bonchev–Trinajstić information content (AvgIpc) is 2.33. The van der Waals surface area contributed by atoms with Crippen LogP contribution in [0.15, 0.2) is 22.7 Å². The van der Waals surface area contributed by atoms with Gasteiger partial charge in [-0.2, -0.15) is 0 Å². The minimum absolute atomic E-state index is 0.0905. The molecule has 0 spiro atoms. The van der Waals surface area contributed by atoms with Crippen molar-refractivity contribution >= 4 is 15.9 Å². The lowest BCUT2D eigenvalue weighted by atomic mass is 10.1. The highest BCUT2D eigenvalue weighted by Crippen LogP contribution is 2.24. The third-order valence-corrected chi connectivity index (χ3v) is 2.99. The van der Waals surface area contributed by atoms with E-state index in [2.05, 4.69) is 59.9 Å². The molecule has 0 aromatic heterocycles. The van der Waals surface area contributed by atoms with E-state index in [-0.39, 0.29) is 5.54 Å². The fourth-order valence-electron chi connectivity index (χ4n) is 1.52. The Bertz CT molecular complexity index is 466. The number of ether oxygens (including phenoxy) is 1. The first-order chi connectivity index (χ1) is 8.92. The first kappa shape index (κ1) is 16.1. The molecule has 2 nitrogen and oxygen atoms in total. The second-order valence-electron chi connectivity index (χ2n) is 5.38. The van der Waals surface area contributed by atoms with Gasteiger partial charge in [0.25, 0.3) is 0 Å². The van der Waals surface area contributed by atoms with E-state index in [0.717, 1.165) is 28.8 Å². The second kappa shape index (κ2) is 7.57. The summed E-state index contributed by atoms with van der Waals surface area (Å²) in [5.74, 6) is 6.81. The summed E-state index contributed by atoms with van der Waals surface area (Å²) in [6, 6.07) is 6.10. The summed E-state index contributed by atoms with van der Waals surface area (Å²) in [6.07, 6.45) is 0.763. The van der Waals surface area contributed by atoms with Crippen molar-refractivity contribution in [1.29, 1.82) is 0 Å². The van der Waals surface area contributed by atoms with Crippen LogP contribution in [0.5, 0.6) is 5.75 Å². The number of nitrogens with one attached hydrogen (secondary N) is 1. The number of halogens is 1. The molecule has 1 aromatic rings. The van der Waals surface area contributed by atoms with E-state index in [9.17, 15) is 0 Å². The van der Waals surface area contributed by atoms with Crippen molar-refractivity contribution in [3.8, 4) is 17.6 Å². The number of hydrogen-bond donors (Lipinski definition) is 1. The molecule has 0 aliphatic carbocycles. The fraction of sp³-hybridized carbons (Fsp3) is 0.500. The van der Waals surface area contributed by atoms with Crippen LogP contribution in [-0.4, -0.2) is 12.1 Å². The van der Waals surface area contributed by atoms with Crippen molar-refractivity contribution in [3.63, 3.8) is 0 Å². The van der Waals surface area contributed by atoms with E-state index in [4.69, 9.17) is 4.74 Å². The molecule has 19 heavy (non-hydrogen) atoms. The van der Waals surface area contributed by atoms with E-state index in [0.29, 0.717) is 6.61 Å². The minimum Gasteiger partial charge on any atom is -0.492 e. The summed E-state index contributed by atoms with van der Waals surface area (Å²) in [5, 5.41) is 3.48. The third kappa shape index (κ3) is 6.66. The van der Waals surface area contributed by atoms with Gasteiger partial charge >= 0.3 is 0 Å². The highest BCUT2D eigenvalue weighted by atomic mass is 79.9. The van der Waals surface area contributed by atoms with Gasteiger partial charge in [0.1, 0.15) is 5.75 Å². The smallest absolute Gasteiger partial charge is 0.123 e. The van der Waals surface area contributed by atoms with Gasteiger partial charge in [0.05, 0.1) is 6.61 Å². The number of rotatable bonds is 5. The molecule has 0 bridgehead atoms. The molecule has 1 N–H and O–H groups in total. The van der Waals surface area contributed by atoms with Crippen LogP contribution in [0.2, 0.25) is 0 Å². The molecule has 0 heterocycles. The summed E-state index contributed by atoms with van der Waals surface area (Å²) in [7, 11) is 0. The van der Waals surface area contributed by atoms with Gasteiger partial charge < -0.3 is 10.1 Å². The Labute approximate surface area is 125 Å². The van der Waals surface area contributed by atoms with E-state index < -0.39 is 0 Å². The SMILES string of the molecule is CC#CCCOc1ccc(Br)cc1CNC(C)(C)C. The first-order valence-electron chi connectivity index (χ1n) is 6.48. The lowest BCUT2D eigenvalue weighted by Gasteiger charge is -2.21. The number of hydrogen-bond acceptors (Lipinski definition) is 2. The molecule has 1 aromatic carbocycles. The highest BCUT2D eigenvalue weighted by molar-refractivity contribution is 9.10. The van der Waals surface area contributed by atoms with E-state index in [1.807, 2.05) is 19.1 Å². The van der Waals surface area contributed by atoms with Crippen molar-refractivity contribution < 1.29 is 4.74 Å². The molecular weight excluding hydrogens is 302 g/mol. The molecule has 0 saturated heterocycles. The monoisotopic (exact) mass is 323 g/mol. The van der Waals surface area contributed by atoms with Gasteiger partial charge in [-0.3, -0.25) is 0 Å². The Balaban J connectivity index is 2.70. The van der Waals surface area contributed by atoms with Crippen LogP contribution in [0.25, 0.3) is 0 Å². The van der Waals surface area contributed by atoms with Crippen molar-refractivity contribution in [1.82, 2.24) is 5.32 Å². The van der Waals surface area contributed by atoms with Crippen LogP contribution in [0.3, 0.4) is 0 Å². The van der Waals surface area contributed by atoms with Crippen LogP contribution in [-0.2, 0) is 6.54 Å². The Morgan fingerprint density at radius 1 is 1.32 bits per heavy atom. The van der Waals surface area contributed by atoms with Gasteiger partial charge in [0, 0.05) is 28.5 Å². The highest BCUT2D eigenvalue weighted by Gasteiger charge is 2.11.